The molecule has 1 aliphatic rings. The summed E-state index contributed by atoms with van der Waals surface area (Å²) in [6.45, 7) is 6.32. The number of hydrogen-bond donors (Lipinski definition) is 2. The third kappa shape index (κ3) is 2.64. The fraction of sp³-hybridized carbons (Fsp3) is 0.571. The maximum Gasteiger partial charge on any atom is 0.137 e. The van der Waals surface area contributed by atoms with Crippen LogP contribution in [-0.4, -0.2) is 16.0 Å². The van der Waals surface area contributed by atoms with Gasteiger partial charge in [-0.3, -0.25) is 0 Å². The third-order valence-corrected chi connectivity index (χ3v) is 3.98. The zero-order chi connectivity index (χ0) is 13.3. The van der Waals surface area contributed by atoms with Gasteiger partial charge in [-0.05, 0) is 44.2 Å². The van der Waals surface area contributed by atoms with Gasteiger partial charge in [-0.1, -0.05) is 25.6 Å². The molecule has 1 fully saturated rings. The molecule has 0 spiro atoms. The second kappa shape index (κ2) is 5.22. The smallest absolute Gasteiger partial charge is 0.137 e. The maximum absolute atomic E-state index is 5.83. The summed E-state index contributed by atoms with van der Waals surface area (Å²) < 4.78 is 0. The van der Waals surface area contributed by atoms with Crippen LogP contribution in [0.15, 0.2) is 6.07 Å². The summed E-state index contributed by atoms with van der Waals surface area (Å²) in [5, 5.41) is 3.54. The van der Waals surface area contributed by atoms with Gasteiger partial charge in [0.1, 0.15) is 10.8 Å². The monoisotopic (exact) mass is 263 g/mol. The van der Waals surface area contributed by atoms with Crippen LogP contribution in [0.3, 0.4) is 0 Å². The molecule has 98 valence electrons. The van der Waals surface area contributed by atoms with E-state index >= 15 is 0 Å². The largest absolute Gasteiger partial charge is 0.389 e. The SMILES string of the molecule is Cc1cc(C)c(C(N)=S)c(NC2CCCC2C)n1. The number of rotatable bonds is 3. The summed E-state index contributed by atoms with van der Waals surface area (Å²) in [5.74, 6) is 1.55. The van der Waals surface area contributed by atoms with Crippen molar-refractivity contribution in [3.8, 4) is 0 Å². The van der Waals surface area contributed by atoms with E-state index in [1.54, 1.807) is 0 Å². The van der Waals surface area contributed by atoms with Gasteiger partial charge in [-0.25, -0.2) is 4.98 Å². The fourth-order valence-electron chi connectivity index (χ4n) is 2.79. The Bertz CT molecular complexity index is 470. The Balaban J connectivity index is 2.33. The summed E-state index contributed by atoms with van der Waals surface area (Å²) in [5.41, 5.74) is 8.82. The number of hydrogen-bond acceptors (Lipinski definition) is 3. The normalized spacial score (nSPS) is 23.1. The molecule has 1 aromatic heterocycles. The molecule has 0 radical (unpaired) electrons. The van der Waals surface area contributed by atoms with Crippen LogP contribution in [0.25, 0.3) is 0 Å². The molecule has 1 aliphatic carbocycles. The number of aromatic nitrogens is 1. The molecule has 0 bridgehead atoms. The molecule has 0 aliphatic heterocycles. The molecule has 1 saturated carbocycles. The Kier molecular flexibility index (Phi) is 3.85. The Hall–Kier alpha value is -1.16. The Labute approximate surface area is 114 Å². The van der Waals surface area contributed by atoms with Crippen LogP contribution in [0.1, 0.15) is 43.0 Å². The van der Waals surface area contributed by atoms with Crippen LogP contribution in [0.2, 0.25) is 0 Å². The lowest BCUT2D eigenvalue weighted by atomic mass is 10.0. The Morgan fingerprint density at radius 3 is 2.72 bits per heavy atom. The fourth-order valence-corrected chi connectivity index (χ4v) is 3.05. The van der Waals surface area contributed by atoms with Gasteiger partial charge in [0.25, 0.3) is 0 Å². The van der Waals surface area contributed by atoms with Crippen molar-refractivity contribution in [1.82, 2.24) is 4.98 Å². The molecule has 0 aromatic carbocycles. The van der Waals surface area contributed by atoms with E-state index in [9.17, 15) is 0 Å². The third-order valence-electron chi connectivity index (χ3n) is 3.77. The number of anilines is 1. The minimum absolute atomic E-state index is 0.424. The lowest BCUT2D eigenvalue weighted by Crippen LogP contribution is -2.25. The molecular formula is C14H21N3S. The van der Waals surface area contributed by atoms with Crippen molar-refractivity contribution in [1.29, 1.82) is 0 Å². The summed E-state index contributed by atoms with van der Waals surface area (Å²) >= 11 is 5.15. The molecule has 2 atom stereocenters. The topological polar surface area (TPSA) is 50.9 Å². The highest BCUT2D eigenvalue weighted by atomic mass is 32.1. The Morgan fingerprint density at radius 2 is 2.17 bits per heavy atom. The number of pyridine rings is 1. The summed E-state index contributed by atoms with van der Waals surface area (Å²) in [7, 11) is 0. The molecule has 0 amide bonds. The minimum atomic E-state index is 0.424. The first-order valence-electron chi connectivity index (χ1n) is 6.53. The Morgan fingerprint density at radius 1 is 1.44 bits per heavy atom. The highest BCUT2D eigenvalue weighted by Gasteiger charge is 2.25. The number of nitrogens with one attached hydrogen (secondary N) is 1. The molecule has 4 heteroatoms. The first-order chi connectivity index (χ1) is 8.49. The highest BCUT2D eigenvalue weighted by molar-refractivity contribution is 7.80. The van der Waals surface area contributed by atoms with Gasteiger partial charge in [-0.2, -0.15) is 0 Å². The van der Waals surface area contributed by atoms with Crippen LogP contribution in [0.4, 0.5) is 5.82 Å². The second-order valence-electron chi connectivity index (χ2n) is 5.33. The average Bonchev–Trinajstić information content (AvgIpc) is 2.62. The van der Waals surface area contributed by atoms with E-state index in [1.165, 1.54) is 19.3 Å². The van der Waals surface area contributed by atoms with Crippen LogP contribution in [0, 0.1) is 19.8 Å². The van der Waals surface area contributed by atoms with Crippen molar-refractivity contribution in [2.24, 2.45) is 11.7 Å². The van der Waals surface area contributed by atoms with Gasteiger partial charge in [0.05, 0.1) is 5.56 Å². The van der Waals surface area contributed by atoms with Gasteiger partial charge in [-0.15, -0.1) is 0 Å². The molecular weight excluding hydrogens is 242 g/mol. The molecule has 0 saturated heterocycles. The van der Waals surface area contributed by atoms with Gasteiger partial charge in [0.2, 0.25) is 0 Å². The van der Waals surface area contributed by atoms with Crippen molar-refractivity contribution in [3.63, 3.8) is 0 Å². The maximum atomic E-state index is 5.83. The minimum Gasteiger partial charge on any atom is -0.389 e. The van der Waals surface area contributed by atoms with Crippen molar-refractivity contribution in [3.05, 3.63) is 22.9 Å². The van der Waals surface area contributed by atoms with Crippen molar-refractivity contribution in [2.45, 2.75) is 46.1 Å². The van der Waals surface area contributed by atoms with Crippen molar-refractivity contribution < 1.29 is 0 Å². The predicted octanol–water partition coefficient (Wildman–Crippen LogP) is 2.93. The number of aryl methyl sites for hydroxylation is 2. The van der Waals surface area contributed by atoms with Gasteiger partial charge in [0.15, 0.2) is 0 Å². The molecule has 3 N–H and O–H groups in total. The zero-order valence-electron chi connectivity index (χ0n) is 11.3. The van der Waals surface area contributed by atoms with E-state index in [-0.39, 0.29) is 0 Å². The van der Waals surface area contributed by atoms with E-state index in [4.69, 9.17) is 18.0 Å². The highest BCUT2D eigenvalue weighted by Crippen LogP contribution is 2.29. The molecule has 18 heavy (non-hydrogen) atoms. The predicted molar refractivity (Wildman–Crippen MR) is 80.0 cm³/mol. The van der Waals surface area contributed by atoms with Crippen molar-refractivity contribution in [2.75, 3.05) is 5.32 Å². The van der Waals surface area contributed by atoms with Crippen LogP contribution in [-0.2, 0) is 0 Å². The number of nitrogens with two attached hydrogens (primary N) is 1. The van der Waals surface area contributed by atoms with Crippen LogP contribution in [0.5, 0.6) is 0 Å². The standard InChI is InChI=1S/C14H21N3S/c1-8-5-4-6-11(8)17-14-12(13(15)18)9(2)7-10(3)16-14/h7-8,11H,4-6H2,1-3H3,(H2,15,18)(H,16,17). The zero-order valence-corrected chi connectivity index (χ0v) is 12.1. The first-order valence-corrected chi connectivity index (χ1v) is 6.94. The molecule has 2 unspecified atom stereocenters. The molecule has 1 aromatic rings. The summed E-state index contributed by atoms with van der Waals surface area (Å²) in [6, 6.07) is 2.52. The van der Waals surface area contributed by atoms with Crippen LogP contribution >= 0.6 is 12.2 Å². The summed E-state index contributed by atoms with van der Waals surface area (Å²) in [4.78, 5) is 5.00. The van der Waals surface area contributed by atoms with Gasteiger partial charge in [0, 0.05) is 11.7 Å². The number of nitrogens with zero attached hydrogens (tertiary/aromatic N) is 1. The van der Waals surface area contributed by atoms with E-state index in [0.29, 0.717) is 16.9 Å². The number of thiocarbonyl (C=S) groups is 1. The van der Waals surface area contributed by atoms with Gasteiger partial charge >= 0.3 is 0 Å². The van der Waals surface area contributed by atoms with Gasteiger partial charge < -0.3 is 11.1 Å². The lowest BCUT2D eigenvalue weighted by molar-refractivity contribution is 0.554. The van der Waals surface area contributed by atoms with Crippen molar-refractivity contribution >= 4 is 23.0 Å². The molecule has 2 rings (SSSR count). The van der Waals surface area contributed by atoms with Crippen LogP contribution < -0.4 is 11.1 Å². The quantitative estimate of drug-likeness (QED) is 0.823. The second-order valence-corrected chi connectivity index (χ2v) is 5.77. The van der Waals surface area contributed by atoms with E-state index in [2.05, 4.69) is 17.2 Å². The summed E-state index contributed by atoms with van der Waals surface area (Å²) in [6.07, 6.45) is 3.77. The van der Waals surface area contributed by atoms with E-state index in [0.717, 1.165) is 22.6 Å². The van der Waals surface area contributed by atoms with E-state index < -0.39 is 0 Å². The lowest BCUT2D eigenvalue weighted by Gasteiger charge is -2.21. The van der Waals surface area contributed by atoms with E-state index in [1.807, 2.05) is 19.9 Å². The molecule has 3 nitrogen and oxygen atoms in total. The molecule has 1 heterocycles. The first kappa shape index (κ1) is 13.3. The average molecular weight is 263 g/mol.